The van der Waals surface area contributed by atoms with E-state index in [2.05, 4.69) is 10.1 Å². The minimum absolute atomic E-state index is 0.00159. The molecule has 42 heavy (non-hydrogen) atoms. The van der Waals surface area contributed by atoms with Crippen LogP contribution < -0.4 is 10.5 Å². The van der Waals surface area contributed by atoms with E-state index < -0.39 is 57.1 Å². The molecule has 13 nitrogen and oxygen atoms in total. The van der Waals surface area contributed by atoms with E-state index >= 15 is 0 Å². The van der Waals surface area contributed by atoms with Crippen LogP contribution >= 0.6 is 11.8 Å². The van der Waals surface area contributed by atoms with Crippen LogP contribution in [0.4, 0.5) is 5.69 Å². The average Bonchev–Trinajstić information content (AvgIpc) is 2.95. The number of nitrogens with one attached hydrogen (secondary N) is 1. The van der Waals surface area contributed by atoms with Gasteiger partial charge in [-0.1, -0.05) is 13.8 Å². The summed E-state index contributed by atoms with van der Waals surface area (Å²) in [5.74, 6) is -3.84. The molecule has 0 aliphatic rings. The van der Waals surface area contributed by atoms with Crippen molar-refractivity contribution in [2.45, 2.75) is 44.9 Å². The molecule has 3 N–H and O–H groups in total. The number of nitrogens with two attached hydrogens (primary N) is 1. The summed E-state index contributed by atoms with van der Waals surface area (Å²) in [7, 11) is -1.41. The quantitative estimate of drug-likeness (QED) is 0.136. The molecule has 3 atom stereocenters. The molecule has 0 heterocycles. The summed E-state index contributed by atoms with van der Waals surface area (Å²) in [5.41, 5.74) is -0.753. The molecule has 1 radical (unpaired) electrons. The number of carbonyl (C=O) groups excluding carboxylic acids is 5. The van der Waals surface area contributed by atoms with Crippen molar-refractivity contribution >= 4 is 57.3 Å². The molecule has 235 valence electrons. The summed E-state index contributed by atoms with van der Waals surface area (Å²) in [6, 6.07) is 5.31. The van der Waals surface area contributed by atoms with Gasteiger partial charge in [-0.3, -0.25) is 24.0 Å². The van der Waals surface area contributed by atoms with Gasteiger partial charge in [-0.05, 0) is 50.5 Å². The molecule has 1 amide bonds. The molecule has 1 aromatic rings. The van der Waals surface area contributed by atoms with Crippen molar-refractivity contribution < 1.29 is 51.3 Å². The molecule has 0 fully saturated rings. The van der Waals surface area contributed by atoms with Gasteiger partial charge in [0.1, 0.15) is 13.2 Å². The number of methoxy groups -OCH3 is 2. The first-order chi connectivity index (χ1) is 19.7. The Bertz CT molecular complexity index is 1190. The fourth-order valence-corrected chi connectivity index (χ4v) is 4.87. The van der Waals surface area contributed by atoms with Gasteiger partial charge in [-0.2, -0.15) is 0 Å². The van der Waals surface area contributed by atoms with Gasteiger partial charge >= 0.3 is 23.9 Å². The highest BCUT2D eigenvalue weighted by molar-refractivity contribution is 8.00. The highest BCUT2D eigenvalue weighted by Crippen LogP contribution is 2.35. The lowest BCUT2D eigenvalue weighted by Crippen LogP contribution is -2.36. The molecular weight excluding hydrogens is 592 g/mol. The maximum absolute atomic E-state index is 13.0. The van der Waals surface area contributed by atoms with Crippen molar-refractivity contribution in [1.29, 1.82) is 0 Å². The number of esters is 4. The number of sulfonamides is 1. The van der Waals surface area contributed by atoms with Crippen molar-refractivity contribution in [2.75, 3.05) is 44.3 Å². The Balaban J connectivity index is 2.68. The van der Waals surface area contributed by atoms with E-state index in [1.54, 1.807) is 20.8 Å². The van der Waals surface area contributed by atoms with Crippen molar-refractivity contribution in [2.24, 2.45) is 22.4 Å². The molecule has 1 aromatic carbocycles. The van der Waals surface area contributed by atoms with E-state index in [4.69, 9.17) is 19.3 Å². The van der Waals surface area contributed by atoms with Crippen LogP contribution in [0.5, 0.6) is 0 Å². The van der Waals surface area contributed by atoms with Gasteiger partial charge in [0.05, 0.1) is 42.6 Å². The van der Waals surface area contributed by atoms with Crippen LogP contribution in [0.1, 0.15) is 40.0 Å². The Morgan fingerprint density at radius 2 is 1.67 bits per heavy atom. The predicted molar refractivity (Wildman–Crippen MR) is 154 cm³/mol. The van der Waals surface area contributed by atoms with Crippen LogP contribution in [-0.2, 0) is 52.9 Å². The molecule has 1 rings (SSSR count). The fraction of sp³-hybridized carbons (Fsp3) is 0.556. The average molecular weight is 632 g/mol. The third-order valence-corrected chi connectivity index (χ3v) is 8.18. The van der Waals surface area contributed by atoms with Crippen molar-refractivity contribution in [3.8, 4) is 0 Å². The van der Waals surface area contributed by atoms with Gasteiger partial charge in [0.15, 0.2) is 0 Å². The molecule has 0 spiro atoms. The van der Waals surface area contributed by atoms with Crippen LogP contribution in [0.2, 0.25) is 0 Å². The summed E-state index contributed by atoms with van der Waals surface area (Å²) in [6.45, 7) is 4.67. The number of carbonyl (C=O) groups is 5. The maximum atomic E-state index is 13.0. The lowest BCUT2D eigenvalue weighted by atomic mass is 9.76. The molecule has 15 heteroatoms. The van der Waals surface area contributed by atoms with Crippen molar-refractivity contribution in [3.05, 3.63) is 30.7 Å². The normalized spacial score (nSPS) is 14.0. The Morgan fingerprint density at radius 3 is 2.21 bits per heavy atom. The summed E-state index contributed by atoms with van der Waals surface area (Å²) in [6.07, 6.45) is 1.73. The molecule has 0 saturated carbocycles. The van der Waals surface area contributed by atoms with Gasteiger partial charge in [0.2, 0.25) is 15.9 Å². The minimum atomic E-state index is -3.88. The predicted octanol–water partition coefficient (Wildman–Crippen LogP) is 2.09. The SMILES string of the molecule is CCC(C)(CC(CC(C)C(=O)Nc1ccc(S(N)(=O)=O)cc1)C(=O)OC)C(=O)OCCOC(=O)CSC[CH]C(=O)OC. The number of rotatable bonds is 18. The number of primary sulfonamides is 1. The number of hydrogen-bond acceptors (Lipinski definition) is 12. The minimum Gasteiger partial charge on any atom is -0.469 e. The van der Waals surface area contributed by atoms with Crippen LogP contribution in [-0.4, -0.2) is 77.1 Å². The Morgan fingerprint density at radius 1 is 1.05 bits per heavy atom. The van der Waals surface area contributed by atoms with E-state index in [1.165, 1.54) is 44.9 Å². The van der Waals surface area contributed by atoms with E-state index in [-0.39, 0.29) is 42.5 Å². The maximum Gasteiger partial charge on any atom is 0.316 e. The molecule has 0 aliphatic carbocycles. The summed E-state index contributed by atoms with van der Waals surface area (Å²) < 4.78 is 42.6. The number of ether oxygens (including phenoxy) is 4. The molecular formula is C27H39N2O11S2. The second kappa shape index (κ2) is 17.7. The summed E-state index contributed by atoms with van der Waals surface area (Å²) in [5, 5.41) is 7.75. The van der Waals surface area contributed by atoms with Gasteiger partial charge in [-0.25, -0.2) is 13.6 Å². The first-order valence-electron chi connectivity index (χ1n) is 13.0. The Hall–Kier alpha value is -3.17. The monoisotopic (exact) mass is 631 g/mol. The number of benzene rings is 1. The highest BCUT2D eigenvalue weighted by Gasteiger charge is 2.39. The van der Waals surface area contributed by atoms with Crippen LogP contribution in [0, 0.1) is 23.7 Å². The molecule has 0 aliphatic heterocycles. The summed E-state index contributed by atoms with van der Waals surface area (Å²) >= 11 is 1.16. The van der Waals surface area contributed by atoms with Gasteiger partial charge < -0.3 is 24.3 Å². The fourth-order valence-electron chi connectivity index (χ4n) is 3.73. The van der Waals surface area contributed by atoms with E-state index in [1.807, 2.05) is 0 Å². The zero-order chi connectivity index (χ0) is 31.9. The molecule has 0 aromatic heterocycles. The first-order valence-corrected chi connectivity index (χ1v) is 15.7. The number of anilines is 1. The lowest BCUT2D eigenvalue weighted by molar-refractivity contribution is -0.162. The number of thioether (sulfide) groups is 1. The van der Waals surface area contributed by atoms with Crippen LogP contribution in [0.3, 0.4) is 0 Å². The highest BCUT2D eigenvalue weighted by atomic mass is 32.2. The van der Waals surface area contributed by atoms with Crippen LogP contribution in [0.15, 0.2) is 29.2 Å². The largest absolute Gasteiger partial charge is 0.469 e. The third kappa shape index (κ3) is 12.8. The van der Waals surface area contributed by atoms with E-state index in [0.717, 1.165) is 11.8 Å². The number of hydrogen-bond donors (Lipinski definition) is 2. The van der Waals surface area contributed by atoms with Gasteiger partial charge in [0.25, 0.3) is 0 Å². The van der Waals surface area contributed by atoms with Crippen LogP contribution in [0.25, 0.3) is 0 Å². The van der Waals surface area contributed by atoms with Crippen molar-refractivity contribution in [3.63, 3.8) is 0 Å². The molecule has 0 saturated heterocycles. The van der Waals surface area contributed by atoms with E-state index in [0.29, 0.717) is 12.1 Å². The van der Waals surface area contributed by atoms with Gasteiger partial charge in [-0.15, -0.1) is 11.8 Å². The number of amides is 1. The Labute approximate surface area is 250 Å². The smallest absolute Gasteiger partial charge is 0.316 e. The second-order valence-corrected chi connectivity index (χ2v) is 12.2. The lowest BCUT2D eigenvalue weighted by Gasteiger charge is -2.30. The van der Waals surface area contributed by atoms with E-state index in [9.17, 15) is 32.4 Å². The topological polar surface area (TPSA) is 194 Å². The molecule has 0 bridgehead atoms. The Kier molecular flexibility index (Phi) is 15.5. The zero-order valence-corrected chi connectivity index (χ0v) is 26.0. The summed E-state index contributed by atoms with van der Waals surface area (Å²) in [4.78, 5) is 61.1. The standard InChI is InChI=1S/C27H39N2O11S2/c1-6-27(3,26(34)40-13-12-39-23(31)17-41-14-11-22(30)37-4)16-19(25(33)38-5)15-18(2)24(32)29-20-7-9-21(10-8-20)42(28,35)36/h7-11,18-19H,6,12-17H2,1-5H3,(H,29,32)(H2,28,35,36). The second-order valence-electron chi connectivity index (χ2n) is 9.63. The zero-order valence-electron chi connectivity index (χ0n) is 24.4. The third-order valence-electron chi connectivity index (χ3n) is 6.41. The van der Waals surface area contributed by atoms with Crippen molar-refractivity contribution in [1.82, 2.24) is 0 Å². The molecule has 3 unspecified atom stereocenters. The van der Waals surface area contributed by atoms with Gasteiger partial charge in [0, 0.05) is 17.4 Å². The first kappa shape index (κ1) is 36.9.